The van der Waals surface area contributed by atoms with Crippen molar-refractivity contribution >= 4 is 5.78 Å². The average Bonchev–Trinajstić information content (AvgIpc) is 2.19. The van der Waals surface area contributed by atoms with Crippen LogP contribution in [-0.4, -0.2) is 28.1 Å². The van der Waals surface area contributed by atoms with Gasteiger partial charge in [0, 0.05) is 24.9 Å². The molecule has 2 atom stereocenters. The molecule has 2 heterocycles. The minimum atomic E-state index is 0.326. The first-order chi connectivity index (χ1) is 7.20. The molecular formula is C12H21NO2. The number of fused-ring (bicyclic) bond motifs is 2. The van der Waals surface area contributed by atoms with Gasteiger partial charge >= 0.3 is 0 Å². The number of ketones is 1. The second-order valence-electron chi connectivity index (χ2n) is 5.05. The minimum absolute atomic E-state index is 0.326. The predicted octanol–water partition coefficient (Wildman–Crippen LogP) is 2.38. The molecule has 0 aromatic heterocycles. The van der Waals surface area contributed by atoms with Crippen LogP contribution in [0.5, 0.6) is 0 Å². The van der Waals surface area contributed by atoms with Gasteiger partial charge in [0.2, 0.25) is 0 Å². The fourth-order valence-corrected chi connectivity index (χ4v) is 3.10. The van der Waals surface area contributed by atoms with Crippen molar-refractivity contribution in [3.05, 3.63) is 0 Å². The van der Waals surface area contributed by atoms with Crippen LogP contribution in [0.15, 0.2) is 0 Å². The molecule has 2 aliphatic heterocycles. The lowest BCUT2D eigenvalue weighted by Gasteiger charge is -2.45. The molecule has 1 N–H and O–H groups in total. The maximum absolute atomic E-state index is 11.4. The molecule has 2 unspecified atom stereocenters. The van der Waals surface area contributed by atoms with Gasteiger partial charge in [-0.25, -0.2) is 0 Å². The molecule has 3 heteroatoms. The maximum atomic E-state index is 11.4. The average molecular weight is 211 g/mol. The van der Waals surface area contributed by atoms with Crippen molar-refractivity contribution in [2.24, 2.45) is 5.92 Å². The summed E-state index contributed by atoms with van der Waals surface area (Å²) >= 11 is 0. The van der Waals surface area contributed by atoms with Gasteiger partial charge in [-0.1, -0.05) is 13.3 Å². The van der Waals surface area contributed by atoms with E-state index in [0.29, 0.717) is 30.2 Å². The summed E-state index contributed by atoms with van der Waals surface area (Å²) in [5.74, 6) is 0.903. The lowest BCUT2D eigenvalue weighted by Crippen LogP contribution is -2.50. The number of carbonyl (C=O) groups is 1. The van der Waals surface area contributed by atoms with Gasteiger partial charge in [0.1, 0.15) is 5.78 Å². The number of hydroxylamine groups is 2. The first-order valence-electron chi connectivity index (χ1n) is 6.19. The highest BCUT2D eigenvalue weighted by Gasteiger charge is 2.37. The minimum Gasteiger partial charge on any atom is -0.313 e. The Hall–Kier alpha value is -0.410. The summed E-state index contributed by atoms with van der Waals surface area (Å²) in [6.07, 6.45) is 6.86. The third-order valence-corrected chi connectivity index (χ3v) is 3.94. The van der Waals surface area contributed by atoms with E-state index in [1.807, 2.05) is 6.92 Å². The topological polar surface area (TPSA) is 40.5 Å². The van der Waals surface area contributed by atoms with Gasteiger partial charge in [-0.05, 0) is 31.6 Å². The third-order valence-electron chi connectivity index (χ3n) is 3.94. The van der Waals surface area contributed by atoms with Crippen molar-refractivity contribution < 1.29 is 10.0 Å². The molecule has 0 aliphatic carbocycles. The third kappa shape index (κ3) is 2.40. The molecule has 0 aromatic carbocycles. The van der Waals surface area contributed by atoms with E-state index >= 15 is 0 Å². The number of Topliss-reactive ketones (excluding diaryl/α,β-unsaturated/α-hetero) is 1. The van der Waals surface area contributed by atoms with Crippen molar-refractivity contribution in [2.75, 3.05) is 0 Å². The summed E-state index contributed by atoms with van der Waals surface area (Å²) in [4.78, 5) is 11.4. The molecule has 2 fully saturated rings. The number of hydrogen-bond acceptors (Lipinski definition) is 3. The van der Waals surface area contributed by atoms with Crippen LogP contribution >= 0.6 is 0 Å². The molecule has 86 valence electrons. The Morgan fingerprint density at radius 2 is 1.93 bits per heavy atom. The summed E-state index contributed by atoms with van der Waals surface area (Å²) < 4.78 is 0. The van der Waals surface area contributed by atoms with E-state index in [0.717, 1.165) is 32.1 Å². The summed E-state index contributed by atoms with van der Waals surface area (Å²) in [7, 11) is 0. The van der Waals surface area contributed by atoms with Gasteiger partial charge < -0.3 is 5.21 Å². The second-order valence-corrected chi connectivity index (χ2v) is 5.05. The van der Waals surface area contributed by atoms with Crippen LogP contribution in [0.2, 0.25) is 0 Å². The summed E-state index contributed by atoms with van der Waals surface area (Å²) in [6.45, 7) is 1.93. The lowest BCUT2D eigenvalue weighted by atomic mass is 9.78. The number of nitrogens with zero attached hydrogens (tertiary/aromatic N) is 1. The van der Waals surface area contributed by atoms with E-state index in [2.05, 4.69) is 0 Å². The highest BCUT2D eigenvalue weighted by molar-refractivity contribution is 5.78. The maximum Gasteiger partial charge on any atom is 0.132 e. The Bertz CT molecular complexity index is 228. The molecule has 0 spiro atoms. The molecular weight excluding hydrogens is 190 g/mol. The Morgan fingerprint density at radius 3 is 2.47 bits per heavy atom. The van der Waals surface area contributed by atoms with Crippen LogP contribution in [0.4, 0.5) is 0 Å². The van der Waals surface area contributed by atoms with E-state index in [4.69, 9.17) is 0 Å². The summed E-state index contributed by atoms with van der Waals surface area (Å²) in [5, 5.41) is 11.4. The van der Waals surface area contributed by atoms with Crippen LogP contribution in [-0.2, 0) is 4.79 Å². The molecule has 2 aliphatic rings. The van der Waals surface area contributed by atoms with Gasteiger partial charge in [0.15, 0.2) is 0 Å². The van der Waals surface area contributed by atoms with Gasteiger partial charge in [-0.15, -0.1) is 0 Å². The van der Waals surface area contributed by atoms with E-state index in [9.17, 15) is 10.0 Å². The quantitative estimate of drug-likeness (QED) is 0.779. The molecule has 0 saturated carbocycles. The van der Waals surface area contributed by atoms with Crippen molar-refractivity contribution in [1.29, 1.82) is 0 Å². The molecule has 0 radical (unpaired) electrons. The van der Waals surface area contributed by atoms with Crippen LogP contribution in [0.3, 0.4) is 0 Å². The fourth-order valence-electron chi connectivity index (χ4n) is 3.10. The highest BCUT2D eigenvalue weighted by atomic mass is 16.5. The van der Waals surface area contributed by atoms with Gasteiger partial charge in [-0.2, -0.15) is 5.06 Å². The zero-order chi connectivity index (χ0) is 10.8. The van der Waals surface area contributed by atoms with Crippen molar-refractivity contribution in [3.8, 4) is 0 Å². The zero-order valence-electron chi connectivity index (χ0n) is 9.48. The summed E-state index contributed by atoms with van der Waals surface area (Å²) in [6, 6.07) is 0.652. The molecule has 2 saturated heterocycles. The van der Waals surface area contributed by atoms with Crippen LogP contribution in [0, 0.1) is 5.92 Å². The highest BCUT2D eigenvalue weighted by Crippen LogP contribution is 2.37. The SMILES string of the molecule is CCC(=O)CC1CC2CCCC(C1)N2O. The van der Waals surface area contributed by atoms with Gasteiger partial charge in [0.05, 0.1) is 0 Å². The predicted molar refractivity (Wildman–Crippen MR) is 57.7 cm³/mol. The monoisotopic (exact) mass is 211 g/mol. The molecule has 15 heavy (non-hydrogen) atoms. The van der Waals surface area contributed by atoms with E-state index < -0.39 is 0 Å². The van der Waals surface area contributed by atoms with Gasteiger partial charge in [0.25, 0.3) is 0 Å². The van der Waals surface area contributed by atoms with E-state index in [1.54, 1.807) is 5.06 Å². The van der Waals surface area contributed by atoms with Crippen LogP contribution in [0.25, 0.3) is 0 Å². The lowest BCUT2D eigenvalue weighted by molar-refractivity contribution is -0.203. The molecule has 2 rings (SSSR count). The first-order valence-corrected chi connectivity index (χ1v) is 6.19. The Balaban J connectivity index is 1.92. The fraction of sp³-hybridized carbons (Fsp3) is 0.917. The summed E-state index contributed by atoms with van der Waals surface area (Å²) in [5.41, 5.74) is 0. The molecule has 3 nitrogen and oxygen atoms in total. The van der Waals surface area contributed by atoms with E-state index in [-0.39, 0.29) is 0 Å². The Morgan fingerprint density at radius 1 is 1.33 bits per heavy atom. The number of piperidine rings is 2. The second kappa shape index (κ2) is 4.62. The molecule has 0 amide bonds. The van der Waals surface area contributed by atoms with Crippen LogP contribution in [0.1, 0.15) is 51.9 Å². The van der Waals surface area contributed by atoms with Gasteiger partial charge in [-0.3, -0.25) is 4.79 Å². The Labute approximate surface area is 91.4 Å². The zero-order valence-corrected chi connectivity index (χ0v) is 9.48. The van der Waals surface area contributed by atoms with Crippen molar-refractivity contribution in [2.45, 2.75) is 64.0 Å². The Kier molecular flexibility index (Phi) is 3.42. The number of carbonyl (C=O) groups excluding carboxylic acids is 1. The first kappa shape index (κ1) is 11.1. The van der Waals surface area contributed by atoms with Crippen molar-refractivity contribution in [3.63, 3.8) is 0 Å². The smallest absolute Gasteiger partial charge is 0.132 e. The normalized spacial score (nSPS) is 36.5. The van der Waals surface area contributed by atoms with E-state index in [1.165, 1.54) is 6.42 Å². The molecule has 0 aromatic rings. The van der Waals surface area contributed by atoms with Crippen molar-refractivity contribution in [1.82, 2.24) is 5.06 Å². The largest absolute Gasteiger partial charge is 0.313 e. The molecule has 2 bridgehead atoms. The standard InChI is InChI=1S/C12H21NO2/c1-2-12(14)8-9-6-10-4-3-5-11(7-9)13(10)15/h9-11,15H,2-8H2,1H3. The number of rotatable bonds is 3. The van der Waals surface area contributed by atoms with Crippen LogP contribution < -0.4 is 0 Å². The number of hydrogen-bond donors (Lipinski definition) is 1.